The van der Waals surface area contributed by atoms with Crippen molar-refractivity contribution in [3.63, 3.8) is 0 Å². The molecule has 1 amide bonds. The van der Waals surface area contributed by atoms with Crippen LogP contribution in [0.25, 0.3) is 11.0 Å². The second-order valence-electron chi connectivity index (χ2n) is 8.47. The summed E-state index contributed by atoms with van der Waals surface area (Å²) in [5, 5.41) is 48.6. The van der Waals surface area contributed by atoms with Gasteiger partial charge in [-0.25, -0.2) is 9.97 Å². The highest BCUT2D eigenvalue weighted by molar-refractivity contribution is 5.87. The SMILES string of the molecule is CC1CCN(C(=O)CC#N)CC1N(C)c1ncnc2[nH]ccc12.O=C([O-])CC(O)(CC(=O)[O-])C(=O)[O-]. The Bertz CT molecular complexity index is 1140. The van der Waals surface area contributed by atoms with Gasteiger partial charge in [-0.15, -0.1) is 0 Å². The molecule has 2 atom stereocenters. The lowest BCUT2D eigenvalue weighted by Gasteiger charge is -2.42. The maximum Gasteiger partial charge on any atom is 0.236 e. The fraction of sp³-hybridized carbons (Fsp3) is 0.500. The number of hydrogen-bond acceptors (Lipinski definition) is 12. The highest BCUT2D eigenvalue weighted by Crippen LogP contribution is 2.28. The lowest BCUT2D eigenvalue weighted by Crippen LogP contribution is -2.54. The number of fused-ring (bicyclic) bond motifs is 1. The number of nitrogens with zero attached hydrogens (tertiary/aromatic N) is 5. The van der Waals surface area contributed by atoms with Crippen LogP contribution in [0.15, 0.2) is 18.6 Å². The van der Waals surface area contributed by atoms with Crippen LogP contribution < -0.4 is 20.2 Å². The number of carboxylic acids is 3. The van der Waals surface area contributed by atoms with Crippen LogP contribution in [0.1, 0.15) is 32.6 Å². The summed E-state index contributed by atoms with van der Waals surface area (Å²) >= 11 is 0. The molecule has 14 nitrogen and oxygen atoms in total. The molecule has 2 aromatic heterocycles. The zero-order chi connectivity index (χ0) is 27.0. The molecule has 0 aliphatic carbocycles. The van der Waals surface area contributed by atoms with Crippen molar-refractivity contribution in [1.82, 2.24) is 19.9 Å². The molecule has 14 heteroatoms. The number of carboxylic acid groups (broad SMARTS) is 3. The van der Waals surface area contributed by atoms with Crippen LogP contribution in [0, 0.1) is 17.2 Å². The number of aliphatic carboxylic acids is 3. The Morgan fingerprint density at radius 3 is 2.44 bits per heavy atom. The lowest BCUT2D eigenvalue weighted by molar-refractivity contribution is -0.339. The van der Waals surface area contributed by atoms with Crippen molar-refractivity contribution in [3.05, 3.63) is 18.6 Å². The Morgan fingerprint density at radius 1 is 1.25 bits per heavy atom. The van der Waals surface area contributed by atoms with Crippen LogP contribution in [0.5, 0.6) is 0 Å². The number of nitriles is 1. The zero-order valence-corrected chi connectivity index (χ0v) is 19.7. The number of amides is 1. The fourth-order valence-electron chi connectivity index (χ4n) is 3.94. The maximum absolute atomic E-state index is 12.0. The van der Waals surface area contributed by atoms with E-state index in [1.807, 2.05) is 25.4 Å². The molecule has 1 fully saturated rings. The molecule has 36 heavy (non-hydrogen) atoms. The highest BCUT2D eigenvalue weighted by atomic mass is 16.4. The number of carbonyl (C=O) groups is 4. The molecular formula is C22H25N6O8-3. The molecule has 194 valence electrons. The summed E-state index contributed by atoms with van der Waals surface area (Å²) in [5.41, 5.74) is -2.17. The number of carbonyl (C=O) groups excluding carboxylic acids is 4. The quantitative estimate of drug-likeness (QED) is 0.356. The first-order chi connectivity index (χ1) is 16.9. The average molecular weight is 501 g/mol. The molecule has 1 aliphatic heterocycles. The van der Waals surface area contributed by atoms with Crippen molar-refractivity contribution in [3.8, 4) is 6.07 Å². The van der Waals surface area contributed by atoms with Gasteiger partial charge < -0.3 is 49.6 Å². The van der Waals surface area contributed by atoms with E-state index in [0.29, 0.717) is 12.5 Å². The van der Waals surface area contributed by atoms with E-state index in [-0.39, 0.29) is 18.4 Å². The number of aromatic amines is 1. The van der Waals surface area contributed by atoms with Crippen molar-refractivity contribution in [2.75, 3.05) is 25.0 Å². The van der Waals surface area contributed by atoms with E-state index >= 15 is 0 Å². The summed E-state index contributed by atoms with van der Waals surface area (Å²) in [7, 11) is 2.01. The van der Waals surface area contributed by atoms with Crippen molar-refractivity contribution < 1.29 is 39.6 Å². The van der Waals surface area contributed by atoms with Gasteiger partial charge in [0, 0.05) is 51.1 Å². The van der Waals surface area contributed by atoms with Crippen LogP contribution >= 0.6 is 0 Å². The van der Waals surface area contributed by atoms with Crippen LogP contribution in [-0.2, 0) is 19.2 Å². The normalized spacial score (nSPS) is 17.4. The highest BCUT2D eigenvalue weighted by Gasteiger charge is 2.32. The molecule has 0 radical (unpaired) electrons. The van der Waals surface area contributed by atoms with E-state index in [1.165, 1.54) is 0 Å². The largest absolute Gasteiger partial charge is 0.550 e. The fourth-order valence-corrected chi connectivity index (χ4v) is 3.94. The number of aromatic nitrogens is 3. The Hall–Kier alpha value is -4.25. The lowest BCUT2D eigenvalue weighted by atomic mass is 9.92. The second-order valence-corrected chi connectivity index (χ2v) is 8.47. The molecule has 0 spiro atoms. The van der Waals surface area contributed by atoms with Gasteiger partial charge >= 0.3 is 0 Å². The van der Waals surface area contributed by atoms with Crippen LogP contribution in [0.3, 0.4) is 0 Å². The molecule has 1 saturated heterocycles. The van der Waals surface area contributed by atoms with E-state index < -0.39 is 36.4 Å². The van der Waals surface area contributed by atoms with Crippen LogP contribution in [0.4, 0.5) is 5.82 Å². The molecule has 1 aliphatic rings. The smallest absolute Gasteiger partial charge is 0.236 e. The summed E-state index contributed by atoms with van der Waals surface area (Å²) in [4.78, 5) is 57.7. The first kappa shape index (κ1) is 28.0. The monoisotopic (exact) mass is 501 g/mol. The predicted molar refractivity (Wildman–Crippen MR) is 116 cm³/mol. The predicted octanol–water partition coefficient (Wildman–Crippen LogP) is -3.71. The van der Waals surface area contributed by atoms with Crippen molar-refractivity contribution in [1.29, 1.82) is 5.26 Å². The molecule has 2 aromatic rings. The third kappa shape index (κ3) is 6.89. The number of hydrogen-bond donors (Lipinski definition) is 2. The molecular weight excluding hydrogens is 476 g/mol. The van der Waals surface area contributed by atoms with Gasteiger partial charge in [-0.05, 0) is 18.4 Å². The Morgan fingerprint density at radius 2 is 1.89 bits per heavy atom. The van der Waals surface area contributed by atoms with Crippen LogP contribution in [-0.4, -0.2) is 80.6 Å². The Labute approximate surface area is 205 Å². The number of anilines is 1. The molecule has 0 bridgehead atoms. The molecule has 3 rings (SSSR count). The third-order valence-corrected chi connectivity index (χ3v) is 5.92. The summed E-state index contributed by atoms with van der Waals surface area (Å²) in [6.07, 6.45) is 1.56. The number of nitrogens with one attached hydrogen (secondary N) is 1. The number of piperidine rings is 1. The Balaban J connectivity index is 0.000000302. The topological polar surface area (TPSA) is 230 Å². The van der Waals surface area contributed by atoms with Gasteiger partial charge in [0.1, 0.15) is 29.8 Å². The Kier molecular flexibility index (Phi) is 9.28. The minimum Gasteiger partial charge on any atom is -0.550 e. The first-order valence-electron chi connectivity index (χ1n) is 10.9. The third-order valence-electron chi connectivity index (χ3n) is 5.92. The summed E-state index contributed by atoms with van der Waals surface area (Å²) in [5.74, 6) is -4.77. The molecule has 3 heterocycles. The maximum atomic E-state index is 12.0. The summed E-state index contributed by atoms with van der Waals surface area (Å²) < 4.78 is 0. The second kappa shape index (κ2) is 11.9. The van der Waals surface area contributed by atoms with Crippen LogP contribution in [0.2, 0.25) is 0 Å². The standard InChI is InChI=1S/C16H20N6O.C6H8O7/c1-11-5-8-22(14(23)3-6-17)9-13(11)21(2)16-12-4-7-18-15(12)19-10-20-16;7-3(8)1-6(13,5(11)12)2-4(9)10/h4,7,10-11,13H,3,5,8-9H2,1-2H3,(H,18,19,20);13H,1-2H2,(H,7,8)(H,9,10)(H,11,12)/p-3. The first-order valence-corrected chi connectivity index (χ1v) is 10.9. The van der Waals surface area contributed by atoms with Gasteiger partial charge in [0.15, 0.2) is 0 Å². The van der Waals surface area contributed by atoms with Gasteiger partial charge in [0.05, 0.1) is 23.5 Å². The van der Waals surface area contributed by atoms with Gasteiger partial charge in [-0.3, -0.25) is 4.79 Å². The summed E-state index contributed by atoms with van der Waals surface area (Å²) in [6, 6.07) is 4.07. The average Bonchev–Trinajstić information content (AvgIpc) is 3.27. The minimum absolute atomic E-state index is 0.0552. The van der Waals surface area contributed by atoms with E-state index in [1.54, 1.807) is 11.2 Å². The number of likely N-dealkylation sites (N-methyl/N-ethyl adjacent to an activating group) is 1. The van der Waals surface area contributed by atoms with E-state index in [9.17, 15) is 34.5 Å². The van der Waals surface area contributed by atoms with E-state index in [4.69, 9.17) is 10.4 Å². The van der Waals surface area contributed by atoms with Crippen molar-refractivity contribution >= 4 is 40.7 Å². The minimum atomic E-state index is -2.97. The molecule has 2 N–H and O–H groups in total. The van der Waals surface area contributed by atoms with Gasteiger partial charge in [0.25, 0.3) is 0 Å². The van der Waals surface area contributed by atoms with Gasteiger partial charge in [-0.1, -0.05) is 6.92 Å². The number of rotatable bonds is 8. The number of aliphatic hydroxyl groups is 1. The molecule has 0 aromatic carbocycles. The van der Waals surface area contributed by atoms with Gasteiger partial charge in [-0.2, -0.15) is 5.26 Å². The van der Waals surface area contributed by atoms with E-state index in [0.717, 1.165) is 29.8 Å². The van der Waals surface area contributed by atoms with Crippen molar-refractivity contribution in [2.45, 2.75) is 44.2 Å². The van der Waals surface area contributed by atoms with Gasteiger partial charge in [0.2, 0.25) is 5.91 Å². The van der Waals surface area contributed by atoms with E-state index in [2.05, 4.69) is 26.8 Å². The number of H-pyrrole nitrogens is 1. The zero-order valence-electron chi connectivity index (χ0n) is 19.7. The number of likely N-dealkylation sites (tertiary alicyclic amines) is 1. The van der Waals surface area contributed by atoms with Crippen molar-refractivity contribution in [2.24, 2.45) is 5.92 Å². The summed E-state index contributed by atoms with van der Waals surface area (Å²) in [6.45, 7) is 3.53. The molecule has 0 saturated carbocycles. The molecule has 2 unspecified atom stereocenters.